The van der Waals surface area contributed by atoms with E-state index in [1.165, 1.54) is 0 Å². The molecule has 0 spiro atoms. The summed E-state index contributed by atoms with van der Waals surface area (Å²) < 4.78 is 4.95. The van der Waals surface area contributed by atoms with Crippen LogP contribution >= 0.6 is 0 Å². The number of nitrogens with zero attached hydrogens (tertiary/aromatic N) is 6. The summed E-state index contributed by atoms with van der Waals surface area (Å²) in [5, 5.41) is 15.3. The Balaban J connectivity index is 1.64. The SMILES string of the molecule is [C-]#[N+]C1C(C2CCN(C)CC2)=Nc2[nH]ncc2C1c1cccc2nonc12. The molecule has 2 atom stereocenters. The Morgan fingerprint density at radius 3 is 2.89 bits per heavy atom. The lowest BCUT2D eigenvalue weighted by Gasteiger charge is -2.33. The fraction of sp³-hybridized carbons (Fsp3) is 0.421. The molecule has 0 amide bonds. The maximum absolute atomic E-state index is 7.97. The van der Waals surface area contributed by atoms with Crippen LogP contribution in [0.2, 0.25) is 0 Å². The molecule has 8 heteroatoms. The third-order valence-corrected chi connectivity index (χ3v) is 5.77. The maximum atomic E-state index is 7.97. The monoisotopic (exact) mass is 361 g/mol. The van der Waals surface area contributed by atoms with Gasteiger partial charge < -0.3 is 9.74 Å². The second-order valence-electron chi connectivity index (χ2n) is 7.32. The van der Waals surface area contributed by atoms with Gasteiger partial charge in [0.2, 0.25) is 0 Å². The van der Waals surface area contributed by atoms with Crippen molar-refractivity contribution in [2.24, 2.45) is 10.9 Å². The van der Waals surface area contributed by atoms with Crippen LogP contribution in [0.15, 0.2) is 34.0 Å². The standard InChI is InChI=1S/C19H19N7O/c1-20-18-15(12-4-3-5-14-17(12)25-27-24-14)13-10-21-23-19(13)22-16(18)11-6-8-26(2)9-7-11/h3-5,10-11,15,18H,6-9H2,2H3,(H,21,23). The van der Waals surface area contributed by atoms with Crippen molar-refractivity contribution in [3.05, 3.63) is 46.9 Å². The van der Waals surface area contributed by atoms with E-state index >= 15 is 0 Å². The summed E-state index contributed by atoms with van der Waals surface area (Å²) in [7, 11) is 2.14. The third-order valence-electron chi connectivity index (χ3n) is 5.77. The summed E-state index contributed by atoms with van der Waals surface area (Å²) >= 11 is 0. The molecule has 0 saturated carbocycles. The smallest absolute Gasteiger partial charge is 0.272 e. The van der Waals surface area contributed by atoms with Crippen molar-refractivity contribution in [2.45, 2.75) is 24.8 Å². The highest BCUT2D eigenvalue weighted by molar-refractivity contribution is 5.99. The van der Waals surface area contributed by atoms with Crippen LogP contribution in [0, 0.1) is 12.5 Å². The number of fused-ring (bicyclic) bond motifs is 2. The predicted molar refractivity (Wildman–Crippen MR) is 99.9 cm³/mol. The van der Waals surface area contributed by atoms with Gasteiger partial charge in [0.1, 0.15) is 16.7 Å². The van der Waals surface area contributed by atoms with Gasteiger partial charge in [-0.2, -0.15) is 5.10 Å². The Kier molecular flexibility index (Phi) is 3.76. The number of aliphatic imine (C=N–C) groups is 1. The molecular weight excluding hydrogens is 342 g/mol. The molecule has 2 aliphatic heterocycles. The van der Waals surface area contributed by atoms with Crippen molar-refractivity contribution in [1.29, 1.82) is 0 Å². The van der Waals surface area contributed by atoms with E-state index in [9.17, 15) is 0 Å². The van der Waals surface area contributed by atoms with E-state index in [0.29, 0.717) is 17.0 Å². The first kappa shape index (κ1) is 16.1. The minimum Gasteiger partial charge on any atom is -0.306 e. The fourth-order valence-electron chi connectivity index (χ4n) is 4.34. The number of nitrogens with one attached hydrogen (secondary N) is 1. The van der Waals surface area contributed by atoms with Crippen molar-refractivity contribution in [2.75, 3.05) is 20.1 Å². The first-order valence-corrected chi connectivity index (χ1v) is 9.14. The number of hydrogen-bond donors (Lipinski definition) is 1. The number of aromatic amines is 1. The molecule has 0 bridgehead atoms. The zero-order valence-corrected chi connectivity index (χ0v) is 15.0. The summed E-state index contributed by atoms with van der Waals surface area (Å²) in [6.07, 6.45) is 3.82. The molecular formula is C19H19N7O. The zero-order chi connectivity index (χ0) is 18.4. The molecule has 27 heavy (non-hydrogen) atoms. The van der Waals surface area contributed by atoms with Gasteiger partial charge in [0, 0.05) is 11.5 Å². The van der Waals surface area contributed by atoms with E-state index in [-0.39, 0.29) is 12.0 Å². The summed E-state index contributed by atoms with van der Waals surface area (Å²) in [6, 6.07) is 5.44. The molecule has 8 nitrogen and oxygen atoms in total. The van der Waals surface area contributed by atoms with Crippen LogP contribution in [0.3, 0.4) is 0 Å². The molecule has 2 aromatic heterocycles. The second kappa shape index (κ2) is 6.28. The third kappa shape index (κ3) is 2.54. The van der Waals surface area contributed by atoms with Crippen LogP contribution in [-0.4, -0.2) is 57.3 Å². The Hall–Kier alpha value is -3.05. The number of likely N-dealkylation sites (tertiary alicyclic amines) is 1. The lowest BCUT2D eigenvalue weighted by Crippen LogP contribution is -2.40. The average Bonchev–Trinajstić information content (AvgIpc) is 3.36. The number of rotatable bonds is 2. The minimum atomic E-state index is -0.370. The number of benzene rings is 1. The molecule has 2 unspecified atom stereocenters. The normalized spacial score (nSPS) is 23.8. The van der Waals surface area contributed by atoms with Crippen molar-refractivity contribution in [1.82, 2.24) is 25.4 Å². The van der Waals surface area contributed by atoms with Crippen LogP contribution in [0.25, 0.3) is 15.9 Å². The lowest BCUT2D eigenvalue weighted by molar-refractivity contribution is 0.250. The Labute approximate surface area is 156 Å². The number of piperidine rings is 1. The molecule has 1 fully saturated rings. The molecule has 1 N–H and O–H groups in total. The van der Waals surface area contributed by atoms with Crippen molar-refractivity contribution < 1.29 is 4.63 Å². The van der Waals surface area contributed by atoms with E-state index in [1.807, 2.05) is 18.2 Å². The lowest BCUT2D eigenvalue weighted by atomic mass is 9.76. The number of hydrogen-bond acceptors (Lipinski definition) is 6. The van der Waals surface area contributed by atoms with Crippen LogP contribution < -0.4 is 0 Å². The molecule has 1 saturated heterocycles. The van der Waals surface area contributed by atoms with Gasteiger partial charge in [0.15, 0.2) is 5.82 Å². The molecule has 4 heterocycles. The number of H-pyrrole nitrogens is 1. The van der Waals surface area contributed by atoms with Gasteiger partial charge in [-0.3, -0.25) is 5.10 Å². The number of aromatic nitrogens is 4. The molecule has 3 aromatic rings. The van der Waals surface area contributed by atoms with Crippen LogP contribution in [-0.2, 0) is 0 Å². The molecule has 0 radical (unpaired) electrons. The highest BCUT2D eigenvalue weighted by atomic mass is 16.6. The van der Waals surface area contributed by atoms with Gasteiger partial charge in [-0.1, -0.05) is 12.1 Å². The average molecular weight is 361 g/mol. The van der Waals surface area contributed by atoms with Gasteiger partial charge in [-0.25, -0.2) is 16.2 Å². The second-order valence-corrected chi connectivity index (χ2v) is 7.32. The molecule has 0 aliphatic carbocycles. The van der Waals surface area contributed by atoms with E-state index < -0.39 is 0 Å². The van der Waals surface area contributed by atoms with Crippen molar-refractivity contribution in [3.63, 3.8) is 0 Å². The Morgan fingerprint density at radius 2 is 2.07 bits per heavy atom. The van der Waals surface area contributed by atoms with Crippen LogP contribution in [0.5, 0.6) is 0 Å². The summed E-state index contributed by atoms with van der Waals surface area (Å²) in [5.74, 6) is 0.884. The first-order valence-electron chi connectivity index (χ1n) is 9.14. The Morgan fingerprint density at radius 1 is 1.22 bits per heavy atom. The fourth-order valence-corrected chi connectivity index (χ4v) is 4.34. The van der Waals surface area contributed by atoms with Crippen LogP contribution in [0.4, 0.5) is 5.82 Å². The Bertz CT molecular complexity index is 1050. The van der Waals surface area contributed by atoms with Crippen molar-refractivity contribution >= 4 is 22.6 Å². The summed E-state index contributed by atoms with van der Waals surface area (Å²) in [5.41, 5.74) is 4.24. The predicted octanol–water partition coefficient (Wildman–Crippen LogP) is 2.79. The van der Waals surface area contributed by atoms with Gasteiger partial charge in [0.25, 0.3) is 6.04 Å². The largest absolute Gasteiger partial charge is 0.306 e. The van der Waals surface area contributed by atoms with E-state index in [4.69, 9.17) is 16.2 Å². The van der Waals surface area contributed by atoms with Gasteiger partial charge >= 0.3 is 0 Å². The van der Waals surface area contributed by atoms with E-state index in [0.717, 1.165) is 48.6 Å². The topological polar surface area (TPSA) is 87.6 Å². The molecule has 2 aliphatic rings. The van der Waals surface area contributed by atoms with Crippen LogP contribution in [0.1, 0.15) is 29.9 Å². The summed E-state index contributed by atoms with van der Waals surface area (Å²) in [6.45, 7) is 10.0. The van der Waals surface area contributed by atoms with E-state index in [2.05, 4.69) is 37.3 Å². The highest BCUT2D eigenvalue weighted by Crippen LogP contribution is 2.43. The summed E-state index contributed by atoms with van der Waals surface area (Å²) in [4.78, 5) is 11.2. The van der Waals surface area contributed by atoms with Gasteiger partial charge in [-0.15, -0.1) is 0 Å². The minimum absolute atomic E-state index is 0.181. The zero-order valence-electron chi connectivity index (χ0n) is 15.0. The maximum Gasteiger partial charge on any atom is 0.272 e. The molecule has 1 aromatic carbocycles. The van der Waals surface area contributed by atoms with E-state index in [1.54, 1.807) is 6.20 Å². The van der Waals surface area contributed by atoms with Gasteiger partial charge in [0.05, 0.1) is 12.1 Å². The van der Waals surface area contributed by atoms with Gasteiger partial charge in [-0.05, 0) is 54.9 Å². The van der Waals surface area contributed by atoms with Crippen molar-refractivity contribution in [3.8, 4) is 0 Å². The quantitative estimate of drug-likeness (QED) is 0.709. The molecule has 5 rings (SSSR count). The first-order chi connectivity index (χ1) is 13.3. The molecule has 136 valence electrons. The highest BCUT2D eigenvalue weighted by Gasteiger charge is 2.44.